The predicted molar refractivity (Wildman–Crippen MR) is 64.6 cm³/mol. The molecule has 84 valence electrons. The van der Waals surface area contributed by atoms with Gasteiger partial charge in [0.25, 0.3) is 0 Å². The van der Waals surface area contributed by atoms with Crippen molar-refractivity contribution in [2.24, 2.45) is 7.05 Å². The van der Waals surface area contributed by atoms with Crippen molar-refractivity contribution in [2.45, 2.75) is 11.8 Å². The average Bonchev–Trinajstić information content (AvgIpc) is 2.60. The van der Waals surface area contributed by atoms with Crippen molar-refractivity contribution in [2.75, 3.05) is 0 Å². The highest BCUT2D eigenvalue weighted by atomic mass is 32.2. The second-order valence-electron chi connectivity index (χ2n) is 3.69. The van der Waals surface area contributed by atoms with Crippen molar-refractivity contribution in [1.82, 2.24) is 4.57 Å². The maximum absolute atomic E-state index is 10.8. The first kappa shape index (κ1) is 11.1. The van der Waals surface area contributed by atoms with Gasteiger partial charge in [-0.25, -0.2) is 4.21 Å². The summed E-state index contributed by atoms with van der Waals surface area (Å²) in [5, 5.41) is 0. The minimum Gasteiger partial charge on any atom is -0.348 e. The van der Waals surface area contributed by atoms with E-state index in [2.05, 4.69) is 4.57 Å². The Morgan fingerprint density at radius 1 is 1.12 bits per heavy atom. The molecule has 1 unspecified atom stereocenters. The molecule has 1 aromatic heterocycles. The van der Waals surface area contributed by atoms with Crippen LogP contribution in [0.5, 0.6) is 0 Å². The Morgan fingerprint density at radius 2 is 1.75 bits per heavy atom. The molecular weight excluding hydrogens is 222 g/mol. The van der Waals surface area contributed by atoms with Gasteiger partial charge in [0.05, 0.1) is 4.90 Å². The minimum absolute atomic E-state index is 0.426. The van der Waals surface area contributed by atoms with E-state index in [0.29, 0.717) is 4.90 Å². The van der Waals surface area contributed by atoms with Gasteiger partial charge in [0.2, 0.25) is 0 Å². The molecule has 2 aromatic rings. The second-order valence-corrected chi connectivity index (χ2v) is 4.66. The van der Waals surface area contributed by atoms with Gasteiger partial charge in [-0.05, 0) is 36.8 Å². The zero-order valence-corrected chi connectivity index (χ0v) is 9.99. The van der Waals surface area contributed by atoms with Gasteiger partial charge in [-0.1, -0.05) is 12.1 Å². The van der Waals surface area contributed by atoms with Crippen molar-refractivity contribution in [3.05, 3.63) is 42.1 Å². The molecule has 0 radical (unpaired) electrons. The molecule has 1 atom stereocenters. The summed E-state index contributed by atoms with van der Waals surface area (Å²) in [4.78, 5) is 0.426. The first-order valence-corrected chi connectivity index (χ1v) is 6.04. The van der Waals surface area contributed by atoms with Crippen LogP contribution in [-0.2, 0) is 18.1 Å². The van der Waals surface area contributed by atoms with Crippen LogP contribution in [0.2, 0.25) is 0 Å². The number of nitrogens with zero attached hydrogens (tertiary/aromatic N) is 1. The molecule has 0 saturated carbocycles. The predicted octanol–water partition coefficient (Wildman–Crippen LogP) is 2.58. The van der Waals surface area contributed by atoms with E-state index >= 15 is 0 Å². The third-order valence-electron chi connectivity index (χ3n) is 2.72. The third kappa shape index (κ3) is 1.94. The third-order valence-corrected chi connectivity index (χ3v) is 3.40. The summed E-state index contributed by atoms with van der Waals surface area (Å²) in [6, 6.07) is 11.2. The molecule has 1 aromatic carbocycles. The van der Waals surface area contributed by atoms with Crippen molar-refractivity contribution in [1.29, 1.82) is 0 Å². The van der Waals surface area contributed by atoms with Gasteiger partial charge in [0.15, 0.2) is 11.1 Å². The summed E-state index contributed by atoms with van der Waals surface area (Å²) in [6.45, 7) is 2.04. The molecule has 16 heavy (non-hydrogen) atoms. The Morgan fingerprint density at radius 3 is 2.19 bits per heavy atom. The maximum atomic E-state index is 10.8. The molecule has 1 heterocycles. The van der Waals surface area contributed by atoms with Crippen LogP contribution >= 0.6 is 0 Å². The number of benzene rings is 1. The quantitative estimate of drug-likeness (QED) is 0.813. The molecule has 0 fully saturated rings. The van der Waals surface area contributed by atoms with Gasteiger partial charge in [-0.2, -0.15) is 0 Å². The summed E-state index contributed by atoms with van der Waals surface area (Å²) in [6.07, 6.45) is 0. The zero-order chi connectivity index (χ0) is 11.7. The largest absolute Gasteiger partial charge is 0.348 e. The summed E-state index contributed by atoms with van der Waals surface area (Å²) in [5.74, 6) is 0. The Hall–Kier alpha value is -1.39. The van der Waals surface area contributed by atoms with Gasteiger partial charge >= 0.3 is 0 Å². The van der Waals surface area contributed by atoms with E-state index in [1.165, 1.54) is 5.69 Å². The molecule has 1 N–H and O–H groups in total. The molecular formula is C12H13NO2S. The fourth-order valence-electron chi connectivity index (χ4n) is 1.65. The highest BCUT2D eigenvalue weighted by Crippen LogP contribution is 2.22. The first-order valence-electron chi connectivity index (χ1n) is 4.93. The van der Waals surface area contributed by atoms with E-state index in [1.807, 2.05) is 38.2 Å². The monoisotopic (exact) mass is 235 g/mol. The summed E-state index contributed by atoms with van der Waals surface area (Å²) in [5.41, 5.74) is 3.34. The molecule has 0 aliphatic carbocycles. The van der Waals surface area contributed by atoms with E-state index in [0.717, 1.165) is 11.3 Å². The van der Waals surface area contributed by atoms with Gasteiger partial charge in [0, 0.05) is 18.4 Å². The van der Waals surface area contributed by atoms with Gasteiger partial charge < -0.3 is 9.12 Å². The topological polar surface area (TPSA) is 42.2 Å². The SMILES string of the molecule is Cc1ccc(-c2ccc(S(=O)O)cc2)n1C. The number of hydrogen-bond donors (Lipinski definition) is 1. The fraction of sp³-hybridized carbons (Fsp3) is 0.167. The highest BCUT2D eigenvalue weighted by molar-refractivity contribution is 7.79. The summed E-state index contributed by atoms with van der Waals surface area (Å²) in [7, 11) is 2.00. The molecule has 0 saturated heterocycles. The Kier molecular flexibility index (Phi) is 2.94. The lowest BCUT2D eigenvalue weighted by Gasteiger charge is -2.05. The molecule has 0 bridgehead atoms. The van der Waals surface area contributed by atoms with E-state index in [9.17, 15) is 4.21 Å². The van der Waals surface area contributed by atoms with Crippen LogP contribution in [0.25, 0.3) is 11.3 Å². The van der Waals surface area contributed by atoms with Crippen molar-refractivity contribution in [3.63, 3.8) is 0 Å². The van der Waals surface area contributed by atoms with E-state index in [4.69, 9.17) is 4.55 Å². The van der Waals surface area contributed by atoms with Crippen LogP contribution in [0.15, 0.2) is 41.3 Å². The molecule has 4 heteroatoms. The number of aromatic nitrogens is 1. The Bertz CT molecular complexity index is 528. The first-order chi connectivity index (χ1) is 7.59. The van der Waals surface area contributed by atoms with Crippen LogP contribution in [0.1, 0.15) is 5.69 Å². The molecule has 3 nitrogen and oxygen atoms in total. The highest BCUT2D eigenvalue weighted by Gasteiger charge is 2.05. The normalized spacial score (nSPS) is 12.7. The van der Waals surface area contributed by atoms with Crippen LogP contribution in [0.3, 0.4) is 0 Å². The lowest BCUT2D eigenvalue weighted by Crippen LogP contribution is -1.94. The average molecular weight is 235 g/mol. The molecule has 0 amide bonds. The lowest BCUT2D eigenvalue weighted by atomic mass is 10.1. The number of hydrogen-bond acceptors (Lipinski definition) is 1. The van der Waals surface area contributed by atoms with Crippen LogP contribution in [0.4, 0.5) is 0 Å². The fourth-order valence-corrected chi connectivity index (χ4v) is 2.01. The lowest BCUT2D eigenvalue weighted by molar-refractivity contribution is 0.564. The summed E-state index contributed by atoms with van der Waals surface area (Å²) < 4.78 is 21.8. The van der Waals surface area contributed by atoms with E-state index < -0.39 is 11.1 Å². The minimum atomic E-state index is -1.90. The van der Waals surface area contributed by atoms with E-state index in [1.54, 1.807) is 12.1 Å². The van der Waals surface area contributed by atoms with Crippen LogP contribution in [0, 0.1) is 6.92 Å². The van der Waals surface area contributed by atoms with Crippen molar-refractivity contribution < 1.29 is 8.76 Å². The van der Waals surface area contributed by atoms with Crippen LogP contribution < -0.4 is 0 Å². The smallest absolute Gasteiger partial charge is 0.186 e. The van der Waals surface area contributed by atoms with Gasteiger partial charge in [-0.3, -0.25) is 0 Å². The van der Waals surface area contributed by atoms with Gasteiger partial charge in [0.1, 0.15) is 0 Å². The van der Waals surface area contributed by atoms with Crippen molar-refractivity contribution in [3.8, 4) is 11.3 Å². The summed E-state index contributed by atoms with van der Waals surface area (Å²) >= 11 is -1.90. The molecule has 0 aliphatic rings. The Labute approximate surface area is 97.0 Å². The molecule has 0 aliphatic heterocycles. The number of aryl methyl sites for hydroxylation is 1. The van der Waals surface area contributed by atoms with Crippen molar-refractivity contribution >= 4 is 11.1 Å². The Balaban J connectivity index is 2.42. The zero-order valence-electron chi connectivity index (χ0n) is 9.18. The molecule has 2 rings (SSSR count). The van der Waals surface area contributed by atoms with E-state index in [-0.39, 0.29) is 0 Å². The van der Waals surface area contributed by atoms with Crippen LogP contribution in [-0.4, -0.2) is 13.3 Å². The van der Waals surface area contributed by atoms with Gasteiger partial charge in [-0.15, -0.1) is 0 Å². The maximum Gasteiger partial charge on any atom is 0.186 e. The molecule has 0 spiro atoms. The second kappa shape index (κ2) is 4.23. The number of rotatable bonds is 2. The standard InChI is InChI=1S/C12H13NO2S/c1-9-3-8-12(13(9)2)10-4-6-11(7-5-10)16(14)15/h3-8H,1-2H3,(H,14,15).